The lowest BCUT2D eigenvalue weighted by molar-refractivity contribution is 0.251. The predicted molar refractivity (Wildman–Crippen MR) is 117 cm³/mol. The summed E-state index contributed by atoms with van der Waals surface area (Å²) in [4.78, 5) is 15.5. The molecular weight excluding hydrogens is 366 g/mol. The van der Waals surface area contributed by atoms with Crippen molar-refractivity contribution in [2.45, 2.75) is 33.2 Å². The molecule has 3 rings (SSSR count). The van der Waals surface area contributed by atoms with Crippen LogP contribution < -0.4 is 20.1 Å². The molecule has 0 fully saturated rings. The van der Waals surface area contributed by atoms with Crippen LogP contribution in [0.25, 0.3) is 10.9 Å². The Hall–Kier alpha value is -3.15. The molecule has 0 saturated heterocycles. The van der Waals surface area contributed by atoms with Gasteiger partial charge in [-0.25, -0.2) is 4.79 Å². The van der Waals surface area contributed by atoms with Crippen molar-refractivity contribution >= 4 is 22.6 Å². The number of rotatable bonds is 9. The lowest BCUT2D eigenvalue weighted by atomic mass is 10.1. The first-order valence-electron chi connectivity index (χ1n) is 9.97. The average molecular weight is 396 g/mol. The largest absolute Gasteiger partial charge is 0.493 e. The highest BCUT2D eigenvalue weighted by molar-refractivity contribution is 5.90. The molecule has 0 aliphatic carbocycles. The van der Waals surface area contributed by atoms with Gasteiger partial charge in [0.05, 0.1) is 13.7 Å². The SMILES string of the molecule is COc1ccc(NC(=O)NCc2cccc3[nH]ccc23)cc1OCCCC(C)C. The van der Waals surface area contributed by atoms with Gasteiger partial charge in [0.2, 0.25) is 0 Å². The lowest BCUT2D eigenvalue weighted by Crippen LogP contribution is -2.28. The maximum Gasteiger partial charge on any atom is 0.319 e. The maximum absolute atomic E-state index is 12.4. The number of aromatic nitrogens is 1. The molecule has 2 amide bonds. The number of H-pyrrole nitrogens is 1. The van der Waals surface area contributed by atoms with Crippen molar-refractivity contribution in [1.29, 1.82) is 0 Å². The normalized spacial score (nSPS) is 10.9. The zero-order valence-corrected chi connectivity index (χ0v) is 17.2. The van der Waals surface area contributed by atoms with Crippen molar-refractivity contribution in [3.05, 3.63) is 54.2 Å². The fourth-order valence-electron chi connectivity index (χ4n) is 3.20. The van der Waals surface area contributed by atoms with Crippen molar-refractivity contribution in [3.63, 3.8) is 0 Å². The first-order chi connectivity index (χ1) is 14.1. The molecular formula is C23H29N3O3. The monoisotopic (exact) mass is 395 g/mol. The van der Waals surface area contributed by atoms with Crippen LogP contribution in [-0.4, -0.2) is 24.7 Å². The highest BCUT2D eigenvalue weighted by atomic mass is 16.5. The minimum absolute atomic E-state index is 0.270. The predicted octanol–water partition coefficient (Wildman–Crippen LogP) is 5.31. The Kier molecular flexibility index (Phi) is 7.00. The summed E-state index contributed by atoms with van der Waals surface area (Å²) in [5.41, 5.74) is 2.77. The van der Waals surface area contributed by atoms with E-state index in [-0.39, 0.29) is 6.03 Å². The molecule has 0 aliphatic rings. The molecule has 3 aromatic rings. The smallest absolute Gasteiger partial charge is 0.319 e. The Labute approximate surface area is 171 Å². The molecule has 0 aliphatic heterocycles. The molecule has 2 aromatic carbocycles. The lowest BCUT2D eigenvalue weighted by Gasteiger charge is -2.14. The second kappa shape index (κ2) is 9.87. The standard InChI is InChI=1S/C23H29N3O3/c1-16(2)6-5-13-29-22-14-18(9-10-21(22)28-3)26-23(27)25-15-17-7-4-8-20-19(17)11-12-24-20/h4,7-12,14,16,24H,5-6,13,15H2,1-3H3,(H2,25,26,27). The molecule has 0 unspecified atom stereocenters. The van der Waals surface area contributed by atoms with E-state index in [1.807, 2.05) is 30.5 Å². The third kappa shape index (κ3) is 5.67. The molecule has 0 atom stereocenters. The molecule has 1 aromatic heterocycles. The molecule has 0 spiro atoms. The van der Waals surface area contributed by atoms with Crippen LogP contribution in [0, 0.1) is 5.92 Å². The van der Waals surface area contributed by atoms with Gasteiger partial charge < -0.3 is 25.1 Å². The zero-order valence-electron chi connectivity index (χ0n) is 17.2. The van der Waals surface area contributed by atoms with Gasteiger partial charge in [0.25, 0.3) is 0 Å². The van der Waals surface area contributed by atoms with E-state index in [9.17, 15) is 4.79 Å². The number of ether oxygens (including phenoxy) is 2. The highest BCUT2D eigenvalue weighted by Crippen LogP contribution is 2.30. The molecule has 0 radical (unpaired) electrons. The molecule has 6 nitrogen and oxygen atoms in total. The van der Waals surface area contributed by atoms with Crippen LogP contribution in [0.15, 0.2) is 48.7 Å². The van der Waals surface area contributed by atoms with Crippen LogP contribution in [0.3, 0.4) is 0 Å². The summed E-state index contributed by atoms with van der Waals surface area (Å²) in [5, 5.41) is 6.87. The van der Waals surface area contributed by atoms with Gasteiger partial charge in [-0.15, -0.1) is 0 Å². The van der Waals surface area contributed by atoms with Crippen LogP contribution in [0.5, 0.6) is 11.5 Å². The number of fused-ring (bicyclic) bond motifs is 1. The Morgan fingerprint density at radius 1 is 1.14 bits per heavy atom. The molecule has 0 bridgehead atoms. The van der Waals surface area contributed by atoms with Crippen molar-refractivity contribution < 1.29 is 14.3 Å². The second-order valence-electron chi connectivity index (χ2n) is 7.41. The molecule has 154 valence electrons. The van der Waals surface area contributed by atoms with E-state index in [1.54, 1.807) is 25.3 Å². The van der Waals surface area contributed by atoms with E-state index in [0.717, 1.165) is 29.3 Å². The number of urea groups is 1. The van der Waals surface area contributed by atoms with Crippen LogP contribution in [0.1, 0.15) is 32.3 Å². The molecule has 6 heteroatoms. The van der Waals surface area contributed by atoms with E-state index in [0.29, 0.717) is 36.3 Å². The molecule has 0 saturated carbocycles. The number of nitrogens with one attached hydrogen (secondary N) is 3. The zero-order chi connectivity index (χ0) is 20.6. The highest BCUT2D eigenvalue weighted by Gasteiger charge is 2.09. The van der Waals surface area contributed by atoms with E-state index >= 15 is 0 Å². The Morgan fingerprint density at radius 2 is 2.00 bits per heavy atom. The van der Waals surface area contributed by atoms with Crippen molar-refractivity contribution in [3.8, 4) is 11.5 Å². The number of carbonyl (C=O) groups is 1. The number of hydrogen-bond donors (Lipinski definition) is 3. The van der Waals surface area contributed by atoms with Gasteiger partial charge in [0.15, 0.2) is 11.5 Å². The Bertz CT molecular complexity index is 949. The van der Waals surface area contributed by atoms with Gasteiger partial charge in [-0.3, -0.25) is 0 Å². The summed E-state index contributed by atoms with van der Waals surface area (Å²) in [6, 6.07) is 13.1. The summed E-state index contributed by atoms with van der Waals surface area (Å²) < 4.78 is 11.2. The third-order valence-corrected chi connectivity index (χ3v) is 4.73. The van der Waals surface area contributed by atoms with Gasteiger partial charge in [0.1, 0.15) is 0 Å². The maximum atomic E-state index is 12.4. The topological polar surface area (TPSA) is 75.4 Å². The van der Waals surface area contributed by atoms with Crippen molar-refractivity contribution in [1.82, 2.24) is 10.3 Å². The fourth-order valence-corrected chi connectivity index (χ4v) is 3.20. The average Bonchev–Trinajstić information content (AvgIpc) is 3.19. The van der Waals surface area contributed by atoms with Crippen LogP contribution in [0.4, 0.5) is 10.5 Å². The summed E-state index contributed by atoms with van der Waals surface area (Å²) >= 11 is 0. The van der Waals surface area contributed by atoms with Gasteiger partial charge in [-0.05, 0) is 48.6 Å². The number of carbonyl (C=O) groups excluding carboxylic acids is 1. The number of aromatic amines is 1. The van der Waals surface area contributed by atoms with Gasteiger partial charge in [-0.2, -0.15) is 0 Å². The van der Waals surface area contributed by atoms with Gasteiger partial charge in [0, 0.05) is 35.4 Å². The Balaban J connectivity index is 1.58. The number of amides is 2. The number of anilines is 1. The summed E-state index contributed by atoms with van der Waals surface area (Å²) in [6.07, 6.45) is 3.98. The third-order valence-electron chi connectivity index (χ3n) is 4.73. The number of hydrogen-bond acceptors (Lipinski definition) is 3. The quantitative estimate of drug-likeness (QED) is 0.430. The fraction of sp³-hybridized carbons (Fsp3) is 0.348. The van der Waals surface area contributed by atoms with Crippen LogP contribution in [-0.2, 0) is 6.54 Å². The Morgan fingerprint density at radius 3 is 2.79 bits per heavy atom. The first-order valence-corrected chi connectivity index (χ1v) is 9.97. The first kappa shape index (κ1) is 20.6. The van der Waals surface area contributed by atoms with Crippen molar-refractivity contribution in [2.24, 2.45) is 5.92 Å². The second-order valence-corrected chi connectivity index (χ2v) is 7.41. The summed E-state index contributed by atoms with van der Waals surface area (Å²) in [7, 11) is 1.61. The minimum atomic E-state index is -0.270. The molecule has 29 heavy (non-hydrogen) atoms. The minimum Gasteiger partial charge on any atom is -0.493 e. The van der Waals surface area contributed by atoms with E-state index in [1.165, 1.54) is 0 Å². The molecule has 1 heterocycles. The van der Waals surface area contributed by atoms with E-state index in [2.05, 4.69) is 29.5 Å². The molecule has 3 N–H and O–H groups in total. The van der Waals surface area contributed by atoms with E-state index < -0.39 is 0 Å². The van der Waals surface area contributed by atoms with Gasteiger partial charge in [-0.1, -0.05) is 26.0 Å². The van der Waals surface area contributed by atoms with Crippen LogP contribution in [0.2, 0.25) is 0 Å². The summed E-state index contributed by atoms with van der Waals surface area (Å²) in [6.45, 7) is 5.45. The number of benzene rings is 2. The van der Waals surface area contributed by atoms with Crippen LogP contribution >= 0.6 is 0 Å². The van der Waals surface area contributed by atoms with Gasteiger partial charge >= 0.3 is 6.03 Å². The van der Waals surface area contributed by atoms with E-state index in [4.69, 9.17) is 9.47 Å². The van der Waals surface area contributed by atoms with Crippen molar-refractivity contribution in [2.75, 3.05) is 19.0 Å². The number of methoxy groups -OCH3 is 1. The summed E-state index contributed by atoms with van der Waals surface area (Å²) in [5.74, 6) is 1.93.